The molecular weight excluding hydrogens is 242 g/mol. The zero-order valence-corrected chi connectivity index (χ0v) is 11.8. The van der Waals surface area contributed by atoms with Gasteiger partial charge in [0.05, 0.1) is 20.8 Å². The second-order valence-corrected chi connectivity index (χ2v) is 4.78. The summed E-state index contributed by atoms with van der Waals surface area (Å²) >= 11 is 0. The first kappa shape index (κ1) is 14.0. The molecule has 0 amide bonds. The van der Waals surface area contributed by atoms with Crippen LogP contribution in [0.4, 0.5) is 0 Å². The molecule has 0 aliphatic carbocycles. The fraction of sp³-hybridized carbons (Fsp3) is 0.600. The van der Waals surface area contributed by atoms with Crippen LogP contribution in [0.5, 0.6) is 17.2 Å². The Kier molecular flexibility index (Phi) is 5.33. The number of hydrogen-bond acceptors (Lipinski definition) is 4. The topological polar surface area (TPSA) is 39.7 Å². The highest BCUT2D eigenvalue weighted by Crippen LogP contribution is 2.36. The average Bonchev–Trinajstić information content (AvgIpc) is 2.48. The lowest BCUT2D eigenvalue weighted by Gasteiger charge is -2.23. The first-order chi connectivity index (χ1) is 9.35. The van der Waals surface area contributed by atoms with Crippen molar-refractivity contribution in [3.63, 3.8) is 0 Å². The van der Waals surface area contributed by atoms with E-state index >= 15 is 0 Å². The van der Waals surface area contributed by atoms with Crippen LogP contribution in [0.2, 0.25) is 0 Å². The van der Waals surface area contributed by atoms with Crippen LogP contribution in [0, 0.1) is 0 Å². The van der Waals surface area contributed by atoms with Gasteiger partial charge >= 0.3 is 0 Å². The molecule has 0 saturated carbocycles. The molecule has 1 atom stereocenters. The summed E-state index contributed by atoms with van der Waals surface area (Å²) in [6, 6.07) is 6.28. The van der Waals surface area contributed by atoms with Crippen LogP contribution in [0.3, 0.4) is 0 Å². The quantitative estimate of drug-likeness (QED) is 0.858. The van der Waals surface area contributed by atoms with Gasteiger partial charge in [-0.15, -0.1) is 0 Å². The van der Waals surface area contributed by atoms with E-state index in [0.29, 0.717) is 24.1 Å². The first-order valence-electron chi connectivity index (χ1n) is 6.92. The van der Waals surface area contributed by atoms with E-state index in [9.17, 15) is 0 Å². The van der Waals surface area contributed by atoms with Crippen LogP contribution < -0.4 is 19.5 Å². The van der Waals surface area contributed by atoms with Crippen LogP contribution in [-0.4, -0.2) is 33.4 Å². The van der Waals surface area contributed by atoms with Crippen molar-refractivity contribution in [1.29, 1.82) is 0 Å². The number of piperidine rings is 1. The van der Waals surface area contributed by atoms with Crippen LogP contribution in [0.1, 0.15) is 25.7 Å². The molecule has 19 heavy (non-hydrogen) atoms. The van der Waals surface area contributed by atoms with E-state index in [4.69, 9.17) is 14.2 Å². The zero-order valence-electron chi connectivity index (χ0n) is 11.8. The Labute approximate surface area is 115 Å². The summed E-state index contributed by atoms with van der Waals surface area (Å²) in [4.78, 5) is 0. The van der Waals surface area contributed by atoms with E-state index in [2.05, 4.69) is 5.32 Å². The van der Waals surface area contributed by atoms with E-state index in [1.165, 1.54) is 19.3 Å². The molecule has 1 saturated heterocycles. The summed E-state index contributed by atoms with van der Waals surface area (Å²) in [5, 5.41) is 3.52. The lowest BCUT2D eigenvalue weighted by molar-refractivity contribution is 0.252. The van der Waals surface area contributed by atoms with Crippen LogP contribution >= 0.6 is 0 Å². The van der Waals surface area contributed by atoms with Crippen molar-refractivity contribution in [2.75, 3.05) is 27.4 Å². The number of para-hydroxylation sites is 1. The molecule has 1 N–H and O–H groups in total. The van der Waals surface area contributed by atoms with Gasteiger partial charge in [0.2, 0.25) is 5.75 Å². The van der Waals surface area contributed by atoms with E-state index < -0.39 is 0 Å². The highest BCUT2D eigenvalue weighted by Gasteiger charge is 2.14. The van der Waals surface area contributed by atoms with Gasteiger partial charge < -0.3 is 19.5 Å². The third-order valence-corrected chi connectivity index (χ3v) is 3.50. The SMILES string of the molecule is COc1cccc(OCCC2CCCCN2)c1OC. The number of nitrogens with one attached hydrogen (secondary N) is 1. The third kappa shape index (κ3) is 3.77. The average molecular weight is 265 g/mol. The third-order valence-electron chi connectivity index (χ3n) is 3.50. The van der Waals surface area contributed by atoms with Crippen LogP contribution in [0.15, 0.2) is 18.2 Å². The minimum Gasteiger partial charge on any atom is -0.493 e. The molecule has 1 aliphatic heterocycles. The van der Waals surface area contributed by atoms with E-state index in [1.807, 2.05) is 18.2 Å². The molecule has 106 valence electrons. The molecule has 1 aromatic rings. The monoisotopic (exact) mass is 265 g/mol. The Morgan fingerprint density at radius 1 is 1.16 bits per heavy atom. The molecule has 1 heterocycles. The lowest BCUT2D eigenvalue weighted by atomic mass is 10.0. The first-order valence-corrected chi connectivity index (χ1v) is 6.92. The Bertz CT molecular complexity index is 389. The Morgan fingerprint density at radius 2 is 2.00 bits per heavy atom. The van der Waals surface area contributed by atoms with E-state index in [1.54, 1.807) is 14.2 Å². The van der Waals surface area contributed by atoms with Gasteiger partial charge in [0.15, 0.2) is 11.5 Å². The van der Waals surface area contributed by atoms with E-state index in [-0.39, 0.29) is 0 Å². The molecule has 0 spiro atoms. The molecule has 1 aromatic carbocycles. The number of ether oxygens (including phenoxy) is 3. The van der Waals surface area contributed by atoms with Gasteiger partial charge in [0.1, 0.15) is 0 Å². The van der Waals surface area contributed by atoms with Crippen LogP contribution in [-0.2, 0) is 0 Å². The number of methoxy groups -OCH3 is 2. The van der Waals surface area contributed by atoms with Crippen molar-refractivity contribution in [3.05, 3.63) is 18.2 Å². The minimum atomic E-state index is 0.588. The maximum atomic E-state index is 5.83. The molecule has 1 aliphatic rings. The van der Waals surface area contributed by atoms with Crippen molar-refractivity contribution in [2.45, 2.75) is 31.7 Å². The zero-order chi connectivity index (χ0) is 13.5. The fourth-order valence-corrected chi connectivity index (χ4v) is 2.45. The highest BCUT2D eigenvalue weighted by molar-refractivity contribution is 5.50. The van der Waals surface area contributed by atoms with Crippen molar-refractivity contribution in [2.24, 2.45) is 0 Å². The maximum Gasteiger partial charge on any atom is 0.203 e. The fourth-order valence-electron chi connectivity index (χ4n) is 2.45. The Hall–Kier alpha value is -1.42. The van der Waals surface area contributed by atoms with Gasteiger partial charge in [-0.1, -0.05) is 12.5 Å². The van der Waals surface area contributed by atoms with E-state index in [0.717, 1.165) is 18.7 Å². The number of hydrogen-bond donors (Lipinski definition) is 1. The predicted octanol–water partition coefficient (Wildman–Crippen LogP) is 2.61. The van der Waals surface area contributed by atoms with Gasteiger partial charge in [0, 0.05) is 6.04 Å². The number of rotatable bonds is 6. The summed E-state index contributed by atoms with van der Waals surface area (Å²) < 4.78 is 16.4. The van der Waals surface area contributed by atoms with Gasteiger partial charge in [0.25, 0.3) is 0 Å². The molecule has 0 radical (unpaired) electrons. The summed E-state index contributed by atoms with van der Waals surface area (Å²) in [5.41, 5.74) is 0. The largest absolute Gasteiger partial charge is 0.493 e. The lowest BCUT2D eigenvalue weighted by Crippen LogP contribution is -2.35. The number of benzene rings is 1. The second-order valence-electron chi connectivity index (χ2n) is 4.78. The molecule has 1 fully saturated rings. The molecule has 4 nitrogen and oxygen atoms in total. The van der Waals surface area contributed by atoms with Gasteiger partial charge in [-0.25, -0.2) is 0 Å². The van der Waals surface area contributed by atoms with Crippen molar-refractivity contribution in [3.8, 4) is 17.2 Å². The molecule has 1 unspecified atom stereocenters. The summed E-state index contributed by atoms with van der Waals surface area (Å²) in [7, 11) is 3.26. The smallest absolute Gasteiger partial charge is 0.203 e. The molecule has 0 aromatic heterocycles. The van der Waals surface area contributed by atoms with Crippen molar-refractivity contribution < 1.29 is 14.2 Å². The normalized spacial score (nSPS) is 18.9. The van der Waals surface area contributed by atoms with Crippen molar-refractivity contribution >= 4 is 0 Å². The molecule has 2 rings (SSSR count). The molecular formula is C15H23NO3. The highest BCUT2D eigenvalue weighted by atomic mass is 16.5. The molecule has 0 bridgehead atoms. The maximum absolute atomic E-state index is 5.83. The second kappa shape index (κ2) is 7.24. The summed E-state index contributed by atoms with van der Waals surface area (Å²) in [5.74, 6) is 2.12. The van der Waals surface area contributed by atoms with Gasteiger partial charge in [-0.05, 0) is 37.9 Å². The van der Waals surface area contributed by atoms with Crippen LogP contribution in [0.25, 0.3) is 0 Å². The Balaban J connectivity index is 1.88. The standard InChI is InChI=1S/C15H23NO3/c1-17-13-7-5-8-14(15(13)18-2)19-11-9-12-6-3-4-10-16-12/h5,7-8,12,16H,3-4,6,9-11H2,1-2H3. The Morgan fingerprint density at radius 3 is 2.68 bits per heavy atom. The van der Waals surface area contributed by atoms with Crippen molar-refractivity contribution in [1.82, 2.24) is 5.32 Å². The van der Waals surface area contributed by atoms with Gasteiger partial charge in [-0.2, -0.15) is 0 Å². The summed E-state index contributed by atoms with van der Waals surface area (Å²) in [6.07, 6.45) is 4.89. The predicted molar refractivity (Wildman–Crippen MR) is 75.3 cm³/mol. The summed E-state index contributed by atoms with van der Waals surface area (Å²) in [6.45, 7) is 1.83. The molecule has 4 heteroatoms. The minimum absolute atomic E-state index is 0.588. The van der Waals surface area contributed by atoms with Gasteiger partial charge in [-0.3, -0.25) is 0 Å².